The highest BCUT2D eigenvalue weighted by molar-refractivity contribution is 5.75. The van der Waals surface area contributed by atoms with Crippen LogP contribution in [0.4, 0.5) is 0 Å². The molecule has 0 radical (unpaired) electrons. The van der Waals surface area contributed by atoms with Crippen LogP contribution in [0, 0.1) is 94.7 Å². The van der Waals surface area contributed by atoms with Crippen molar-refractivity contribution in [3.63, 3.8) is 0 Å². The maximum Gasteiger partial charge on any atom is 0.344 e. The van der Waals surface area contributed by atoms with E-state index in [4.69, 9.17) is 37.9 Å². The molecule has 20 heteroatoms. The first-order chi connectivity index (χ1) is 60.1. The molecule has 0 amide bonds. The van der Waals surface area contributed by atoms with Gasteiger partial charge in [-0.05, 0) is 340 Å². The van der Waals surface area contributed by atoms with Crippen LogP contribution < -0.4 is 18.9 Å². The van der Waals surface area contributed by atoms with Crippen molar-refractivity contribution in [3.05, 3.63) is 212 Å². The first-order valence-electron chi connectivity index (χ1n) is 46.1. The molecule has 16 aliphatic carbocycles. The molecule has 0 saturated heterocycles. The molecule has 7 unspecified atom stereocenters. The second kappa shape index (κ2) is 31.1. The fraction of sp³-hybridized carbons (Fsp3) is 0.505. The summed E-state index contributed by atoms with van der Waals surface area (Å²) in [7, 11) is 0. The summed E-state index contributed by atoms with van der Waals surface area (Å²) in [5.41, 5.74) is 0.121. The minimum atomic E-state index is -1.24. The number of phenols is 8. The monoisotopic (exact) mass is 1690 g/mol. The van der Waals surface area contributed by atoms with E-state index in [2.05, 4.69) is 27.7 Å². The average molecular weight is 1700 g/mol. The number of hydrogen-bond donors (Lipinski definition) is 8. The lowest BCUT2D eigenvalue weighted by molar-refractivity contribution is -0.205. The van der Waals surface area contributed by atoms with E-state index in [1.807, 2.05) is 0 Å². The molecule has 20 nitrogen and oxygen atoms in total. The maximum atomic E-state index is 14.1. The molecule has 0 aromatic heterocycles. The first-order valence-corrected chi connectivity index (χ1v) is 46.1. The summed E-state index contributed by atoms with van der Waals surface area (Å²) in [5, 5.41) is 103. The van der Waals surface area contributed by atoms with Gasteiger partial charge in [0.25, 0.3) is 0 Å². The standard InChI is InChI=1S/C105H114O20/c1-102(67-29-55-25-56(31-67)32-68(102)30-55)122-94(114)50-118-73-17-8-62(9-18-73)98-77-42-79(88(108)46-86(77)106)99(63-10-19-74(20-11-63)119-51-95(115)123-103(2)69-33-57-26-58(35-69)36-70(103)34-57)81-44-83(92(112)48-90(81)110)101(65-14-23-76(24-15-65)121-53-97(117)125-105(4)66-16-7-61-6-5-54(28-66)41-85(61)105)84-45-82(91(111)49-93(84)113)100(80-43-78(98)87(107)47-89(80)109)64-12-21-75(22-13-64)120-52-96(116)124-104(3)71-37-59-27-60(39-71)40-72(104)38-59/h8-15,17-24,42-49,54-61,66-72,85,98-101,106-113H,5-7,16,25-41,50-53H2,1-4H3. The minimum absolute atomic E-state index is 0.0995. The minimum Gasteiger partial charge on any atom is -0.507 e. The predicted octanol–water partition coefficient (Wildman–Crippen LogP) is 19.3. The van der Waals surface area contributed by atoms with Gasteiger partial charge in [-0.15, -0.1) is 0 Å². The van der Waals surface area contributed by atoms with Gasteiger partial charge in [0.15, 0.2) is 26.4 Å². The van der Waals surface area contributed by atoms with Crippen molar-refractivity contribution < 1.29 is 97.9 Å². The van der Waals surface area contributed by atoms with E-state index in [1.165, 1.54) is 49.9 Å². The highest BCUT2D eigenvalue weighted by Crippen LogP contribution is 2.65. The molecule has 24 rings (SSSR count). The third-order valence-corrected chi connectivity index (χ3v) is 34.2. The van der Waals surface area contributed by atoms with E-state index in [9.17, 15) is 60.0 Å². The lowest BCUT2D eigenvalue weighted by Gasteiger charge is -2.59. The molecular weight excluding hydrogens is 1580 g/mol. The van der Waals surface area contributed by atoms with Crippen LogP contribution in [0.15, 0.2) is 146 Å². The number of ether oxygens (including phenoxy) is 8. The number of aromatic hydroxyl groups is 8. The average Bonchev–Trinajstić information content (AvgIpc) is 0.748. The molecule has 0 spiro atoms. The van der Waals surface area contributed by atoms with Gasteiger partial charge in [-0.1, -0.05) is 55.0 Å². The number of benzene rings is 8. The van der Waals surface area contributed by atoms with Crippen molar-refractivity contribution >= 4 is 23.9 Å². The van der Waals surface area contributed by atoms with Crippen LogP contribution in [0.5, 0.6) is 69.0 Å². The first kappa shape index (κ1) is 81.3. The van der Waals surface area contributed by atoms with Crippen LogP contribution in [0.3, 0.4) is 0 Å². The Hall–Kier alpha value is -10.8. The predicted molar refractivity (Wildman–Crippen MR) is 461 cm³/mol. The van der Waals surface area contributed by atoms with E-state index in [0.29, 0.717) is 98.5 Å². The summed E-state index contributed by atoms with van der Waals surface area (Å²) in [6.07, 6.45) is 22.9. The van der Waals surface area contributed by atoms with Crippen molar-refractivity contribution in [2.45, 2.75) is 209 Å². The summed E-state index contributed by atoms with van der Waals surface area (Å²) in [6, 6.07) is 38.1. The van der Waals surface area contributed by atoms with E-state index >= 15 is 0 Å². The van der Waals surface area contributed by atoms with Crippen molar-refractivity contribution in [1.82, 2.24) is 0 Å². The molecule has 8 aromatic rings. The SMILES string of the molecule is CC1(OC(=O)COc2ccc(C3c4cc(c(O)cc4O)C(c4ccc(OCC(=O)OC5(C)C6CC7CC(C6)CC5C7)cc4)c4cc(c(O)cc4O)C(c4ccc(OCC(=O)OC5(C)C6CCC7CCC(C6)CC75)cc4)c4cc(c(O)cc4O)C(c4ccc(OCC(=O)OC5(C)C6CC7CC(C6)CC5C7)cc4)c4cc3c(O)cc4O)cc2)C2CC3CC(C2)CC1C3. The highest BCUT2D eigenvalue weighted by Gasteiger charge is 2.61. The molecule has 15 saturated carbocycles. The number of esters is 4. The third-order valence-electron chi connectivity index (χ3n) is 34.2. The number of fused-ring (bicyclic) bond motifs is 10. The summed E-state index contributed by atoms with van der Waals surface area (Å²) >= 11 is 0. The number of rotatable bonds is 20. The van der Waals surface area contributed by atoms with Gasteiger partial charge < -0.3 is 78.7 Å². The van der Waals surface area contributed by atoms with Crippen LogP contribution >= 0.6 is 0 Å². The fourth-order valence-corrected chi connectivity index (χ4v) is 28.5. The Morgan fingerprint density at radius 1 is 0.256 bits per heavy atom. The van der Waals surface area contributed by atoms with Crippen molar-refractivity contribution in [2.24, 2.45) is 94.7 Å². The lowest BCUT2D eigenvalue weighted by atomic mass is 9.50. The molecule has 0 heterocycles. The van der Waals surface area contributed by atoms with Crippen molar-refractivity contribution in [2.75, 3.05) is 26.4 Å². The summed E-state index contributed by atoms with van der Waals surface area (Å²) in [4.78, 5) is 56.0. The zero-order valence-electron chi connectivity index (χ0n) is 71.6. The van der Waals surface area contributed by atoms with Gasteiger partial charge in [0, 0.05) is 98.4 Å². The summed E-state index contributed by atoms with van der Waals surface area (Å²) in [5.74, 6) is -1.78. The van der Waals surface area contributed by atoms with Gasteiger partial charge in [0.1, 0.15) is 91.4 Å². The fourth-order valence-electron chi connectivity index (χ4n) is 28.5. The largest absolute Gasteiger partial charge is 0.507 e. The number of carbonyl (C=O) groups excluding carboxylic acids is 4. The van der Waals surface area contributed by atoms with Crippen LogP contribution in [-0.2, 0) is 38.1 Å². The molecule has 125 heavy (non-hydrogen) atoms. The Morgan fingerprint density at radius 3 is 0.712 bits per heavy atom. The van der Waals surface area contributed by atoms with Crippen LogP contribution in [0.2, 0.25) is 0 Å². The molecule has 7 atom stereocenters. The van der Waals surface area contributed by atoms with Crippen LogP contribution in [-0.4, -0.2) is 114 Å². The third kappa shape index (κ3) is 14.5. The van der Waals surface area contributed by atoms with E-state index in [-0.39, 0.29) is 112 Å². The Bertz CT molecular complexity index is 4950. The van der Waals surface area contributed by atoms with Gasteiger partial charge in [0.05, 0.1) is 0 Å². The normalized spacial score (nSPS) is 34.2. The molecule has 15 fully saturated rings. The van der Waals surface area contributed by atoms with Crippen molar-refractivity contribution in [3.8, 4) is 69.0 Å². The molecule has 8 aromatic carbocycles. The smallest absolute Gasteiger partial charge is 0.344 e. The zero-order chi connectivity index (χ0) is 86.0. The Balaban J connectivity index is 0.673. The highest BCUT2D eigenvalue weighted by atomic mass is 16.6. The summed E-state index contributed by atoms with van der Waals surface area (Å²) < 4.78 is 50.8. The molecule has 0 aliphatic heterocycles. The van der Waals surface area contributed by atoms with Crippen LogP contribution in [0.25, 0.3) is 0 Å². The molecule has 16 aliphatic rings. The van der Waals surface area contributed by atoms with Gasteiger partial charge >= 0.3 is 23.9 Å². The molecule has 23 bridgehead atoms. The Kier molecular flexibility index (Phi) is 20.2. The second-order valence-electron chi connectivity index (χ2n) is 41.1. The van der Waals surface area contributed by atoms with Crippen molar-refractivity contribution in [1.29, 1.82) is 0 Å². The lowest BCUT2D eigenvalue weighted by Crippen LogP contribution is -2.58. The molecular formula is C105H114O20. The number of carbonyl (C=O) groups is 4. The zero-order valence-corrected chi connectivity index (χ0v) is 71.6. The van der Waals surface area contributed by atoms with E-state index in [0.717, 1.165) is 109 Å². The maximum absolute atomic E-state index is 14.1. The quantitative estimate of drug-likeness (QED) is 0.0260. The number of phenolic OH excluding ortho intramolecular Hbond substituents is 8. The second-order valence-corrected chi connectivity index (χ2v) is 41.1. The van der Waals surface area contributed by atoms with E-state index in [1.54, 1.807) is 121 Å². The van der Waals surface area contributed by atoms with E-state index < -0.39 is 116 Å². The number of hydrogen-bond acceptors (Lipinski definition) is 20. The van der Waals surface area contributed by atoms with Gasteiger partial charge in [0.2, 0.25) is 0 Å². The van der Waals surface area contributed by atoms with Crippen LogP contribution in [0.1, 0.15) is 253 Å². The molecule has 654 valence electrons. The topological polar surface area (TPSA) is 304 Å². The van der Waals surface area contributed by atoms with Gasteiger partial charge in [-0.25, -0.2) is 19.2 Å². The Labute approximate surface area is 728 Å². The summed E-state index contributed by atoms with van der Waals surface area (Å²) in [6.45, 7) is 6.85. The van der Waals surface area contributed by atoms with Gasteiger partial charge in [-0.3, -0.25) is 0 Å². The molecule has 8 N–H and O–H groups in total. The Morgan fingerprint density at radius 2 is 0.472 bits per heavy atom. The van der Waals surface area contributed by atoms with Gasteiger partial charge in [-0.2, -0.15) is 0 Å².